The van der Waals surface area contributed by atoms with Gasteiger partial charge in [-0.25, -0.2) is 0 Å². The van der Waals surface area contributed by atoms with Crippen molar-refractivity contribution in [2.45, 2.75) is 26.3 Å². The summed E-state index contributed by atoms with van der Waals surface area (Å²) in [6, 6.07) is 17.6. The number of hydrogen-bond donors (Lipinski definition) is 2. The van der Waals surface area contributed by atoms with E-state index in [1.54, 1.807) is 0 Å². The molecule has 2 rings (SSSR count). The van der Waals surface area contributed by atoms with Crippen molar-refractivity contribution < 1.29 is 14.3 Å². The summed E-state index contributed by atoms with van der Waals surface area (Å²) in [6.45, 7) is 5.06. The molecular weight excluding hydrogens is 328 g/mol. The smallest absolute Gasteiger partial charge is 0.251 e. The Morgan fingerprint density at radius 3 is 2.19 bits per heavy atom. The van der Waals surface area contributed by atoms with Crippen molar-refractivity contribution in [1.29, 1.82) is 0 Å². The second kappa shape index (κ2) is 10.4. The molecule has 2 amide bonds. The molecule has 0 bridgehead atoms. The van der Waals surface area contributed by atoms with Gasteiger partial charge in [0.1, 0.15) is 6.04 Å². The molecule has 5 nitrogen and oxygen atoms in total. The Morgan fingerprint density at radius 2 is 1.58 bits per heavy atom. The number of anilines is 1. The highest BCUT2D eigenvalue weighted by Gasteiger charge is 2.22. The molecule has 138 valence electrons. The quantitative estimate of drug-likeness (QED) is 0.677. The van der Waals surface area contributed by atoms with Crippen molar-refractivity contribution in [3.63, 3.8) is 0 Å². The third kappa shape index (κ3) is 6.69. The number of hydrogen-bond acceptors (Lipinski definition) is 3. The molecule has 2 aromatic carbocycles. The Morgan fingerprint density at radius 1 is 0.962 bits per heavy atom. The van der Waals surface area contributed by atoms with E-state index in [0.717, 1.165) is 5.56 Å². The first-order valence-electron chi connectivity index (χ1n) is 8.84. The molecule has 5 heteroatoms. The Bertz CT molecular complexity index is 687. The van der Waals surface area contributed by atoms with Crippen molar-refractivity contribution in [2.75, 3.05) is 18.5 Å². The normalized spacial score (nSPS) is 11.8. The molecule has 0 saturated carbocycles. The summed E-state index contributed by atoms with van der Waals surface area (Å²) >= 11 is 0. The van der Waals surface area contributed by atoms with Crippen LogP contribution >= 0.6 is 0 Å². The number of benzene rings is 2. The predicted octanol–water partition coefficient (Wildman–Crippen LogP) is 3.55. The number of rotatable bonds is 9. The van der Waals surface area contributed by atoms with E-state index < -0.39 is 6.04 Å². The fourth-order valence-corrected chi connectivity index (χ4v) is 2.40. The highest BCUT2D eigenvalue weighted by atomic mass is 16.5. The lowest BCUT2D eigenvalue weighted by molar-refractivity contribution is -0.127. The monoisotopic (exact) mass is 354 g/mol. The molecule has 0 saturated heterocycles. The number of amides is 2. The summed E-state index contributed by atoms with van der Waals surface area (Å²) in [5.74, 6) is -0.0727. The largest absolute Gasteiger partial charge is 0.381 e. The van der Waals surface area contributed by atoms with E-state index in [4.69, 9.17) is 4.74 Å². The van der Waals surface area contributed by atoms with E-state index in [0.29, 0.717) is 24.8 Å². The molecule has 0 aliphatic rings. The van der Waals surface area contributed by atoms with E-state index >= 15 is 0 Å². The zero-order valence-electron chi connectivity index (χ0n) is 15.3. The molecular formula is C21H26N2O3. The standard InChI is InChI=1S/C21H26N2O3/c1-16(2)15-26-14-13-19(24)23-20(17-9-5-3-6-10-17)21(25)22-18-11-7-4-8-12-18/h3-12,16,20H,13-15H2,1-2H3,(H,22,25)(H,23,24). The van der Waals surface area contributed by atoms with Crippen LogP contribution in [0, 0.1) is 5.92 Å². The molecule has 0 heterocycles. The van der Waals surface area contributed by atoms with Crippen LogP contribution < -0.4 is 10.6 Å². The van der Waals surface area contributed by atoms with Gasteiger partial charge in [0.25, 0.3) is 5.91 Å². The number of carbonyl (C=O) groups is 2. The lowest BCUT2D eigenvalue weighted by Crippen LogP contribution is -2.37. The van der Waals surface area contributed by atoms with Crippen molar-refractivity contribution in [1.82, 2.24) is 5.32 Å². The first-order chi connectivity index (χ1) is 12.6. The lowest BCUT2D eigenvalue weighted by Gasteiger charge is -2.19. The van der Waals surface area contributed by atoms with Gasteiger partial charge >= 0.3 is 0 Å². The molecule has 2 N–H and O–H groups in total. The van der Waals surface area contributed by atoms with Crippen LogP contribution in [0.25, 0.3) is 0 Å². The van der Waals surface area contributed by atoms with Gasteiger partial charge < -0.3 is 15.4 Å². The van der Waals surface area contributed by atoms with E-state index in [1.807, 2.05) is 60.7 Å². The van der Waals surface area contributed by atoms with Crippen LogP contribution in [0.2, 0.25) is 0 Å². The van der Waals surface area contributed by atoms with Crippen LogP contribution in [0.5, 0.6) is 0 Å². The van der Waals surface area contributed by atoms with Gasteiger partial charge in [0, 0.05) is 18.7 Å². The summed E-state index contributed by atoms with van der Waals surface area (Å²) in [5.41, 5.74) is 1.42. The molecule has 2 aromatic rings. The maximum Gasteiger partial charge on any atom is 0.251 e. The van der Waals surface area contributed by atoms with Gasteiger partial charge in [-0.1, -0.05) is 62.4 Å². The average Bonchev–Trinajstić information content (AvgIpc) is 2.64. The maximum atomic E-state index is 12.7. The number of ether oxygens (including phenoxy) is 1. The topological polar surface area (TPSA) is 67.4 Å². The highest BCUT2D eigenvalue weighted by molar-refractivity contribution is 5.97. The van der Waals surface area contributed by atoms with Gasteiger partial charge in [0.2, 0.25) is 5.91 Å². The average molecular weight is 354 g/mol. The van der Waals surface area contributed by atoms with Gasteiger partial charge in [-0.05, 0) is 23.6 Å². The maximum absolute atomic E-state index is 12.7. The summed E-state index contributed by atoms with van der Waals surface area (Å²) in [4.78, 5) is 25.0. The van der Waals surface area contributed by atoms with Gasteiger partial charge in [0.15, 0.2) is 0 Å². The van der Waals surface area contributed by atoms with Crippen molar-refractivity contribution >= 4 is 17.5 Å². The number of para-hydroxylation sites is 1. The molecule has 0 aliphatic carbocycles. The third-order valence-corrected chi connectivity index (χ3v) is 3.67. The molecule has 1 atom stereocenters. The minimum Gasteiger partial charge on any atom is -0.381 e. The first-order valence-corrected chi connectivity index (χ1v) is 8.84. The Balaban J connectivity index is 2.00. The second-order valence-electron chi connectivity index (χ2n) is 6.49. The van der Waals surface area contributed by atoms with Crippen molar-refractivity contribution in [2.24, 2.45) is 5.92 Å². The summed E-state index contributed by atoms with van der Waals surface area (Å²) < 4.78 is 5.45. The van der Waals surface area contributed by atoms with Crippen LogP contribution in [0.1, 0.15) is 31.9 Å². The third-order valence-electron chi connectivity index (χ3n) is 3.67. The minimum atomic E-state index is -0.756. The van der Waals surface area contributed by atoms with Crippen molar-refractivity contribution in [3.05, 3.63) is 66.2 Å². The molecule has 0 spiro atoms. The summed E-state index contributed by atoms with van der Waals surface area (Å²) in [5, 5.41) is 5.65. The van der Waals surface area contributed by atoms with Crippen LogP contribution in [-0.2, 0) is 14.3 Å². The number of nitrogens with one attached hydrogen (secondary N) is 2. The molecule has 0 radical (unpaired) electrons. The molecule has 0 aromatic heterocycles. The van der Waals surface area contributed by atoms with Crippen molar-refractivity contribution in [3.8, 4) is 0 Å². The van der Waals surface area contributed by atoms with Crippen LogP contribution in [-0.4, -0.2) is 25.0 Å². The van der Waals surface area contributed by atoms with Crippen LogP contribution in [0.3, 0.4) is 0 Å². The van der Waals surface area contributed by atoms with Crippen LogP contribution in [0.4, 0.5) is 5.69 Å². The van der Waals surface area contributed by atoms with Gasteiger partial charge in [-0.3, -0.25) is 9.59 Å². The van der Waals surface area contributed by atoms with E-state index in [9.17, 15) is 9.59 Å². The second-order valence-corrected chi connectivity index (χ2v) is 6.49. The zero-order chi connectivity index (χ0) is 18.8. The van der Waals surface area contributed by atoms with E-state index in [2.05, 4.69) is 24.5 Å². The zero-order valence-corrected chi connectivity index (χ0v) is 15.3. The molecule has 26 heavy (non-hydrogen) atoms. The van der Waals surface area contributed by atoms with Gasteiger partial charge in [-0.2, -0.15) is 0 Å². The first kappa shape index (κ1) is 19.7. The fraction of sp³-hybridized carbons (Fsp3) is 0.333. The Hall–Kier alpha value is -2.66. The van der Waals surface area contributed by atoms with Gasteiger partial charge in [-0.15, -0.1) is 0 Å². The molecule has 0 aliphatic heterocycles. The molecule has 0 fully saturated rings. The summed E-state index contributed by atoms with van der Waals surface area (Å²) in [6.07, 6.45) is 0.217. The fourth-order valence-electron chi connectivity index (χ4n) is 2.40. The van der Waals surface area contributed by atoms with E-state index in [1.165, 1.54) is 0 Å². The lowest BCUT2D eigenvalue weighted by atomic mass is 10.1. The molecule has 1 unspecified atom stereocenters. The van der Waals surface area contributed by atoms with E-state index in [-0.39, 0.29) is 18.2 Å². The number of carbonyl (C=O) groups excluding carboxylic acids is 2. The Kier molecular flexibility index (Phi) is 7.83. The van der Waals surface area contributed by atoms with Crippen LogP contribution in [0.15, 0.2) is 60.7 Å². The Labute approximate surface area is 154 Å². The summed E-state index contributed by atoms with van der Waals surface area (Å²) in [7, 11) is 0. The van der Waals surface area contributed by atoms with Gasteiger partial charge in [0.05, 0.1) is 6.61 Å². The highest BCUT2D eigenvalue weighted by Crippen LogP contribution is 2.16. The minimum absolute atomic E-state index is 0.217. The predicted molar refractivity (Wildman–Crippen MR) is 103 cm³/mol. The SMILES string of the molecule is CC(C)COCCC(=O)NC(C(=O)Nc1ccccc1)c1ccccc1.